The maximum atomic E-state index is 13.2. The van der Waals surface area contributed by atoms with Crippen LogP contribution < -0.4 is 15.5 Å². The number of thiazole rings is 1. The molecule has 2 heterocycles. The van der Waals surface area contributed by atoms with Gasteiger partial charge in [-0.15, -0.1) is 0 Å². The average Bonchev–Trinajstić information content (AvgIpc) is 3.35. The molecule has 1 fully saturated rings. The maximum Gasteiger partial charge on any atom is 0.243 e. The van der Waals surface area contributed by atoms with Crippen molar-refractivity contribution in [1.82, 2.24) is 10.3 Å². The van der Waals surface area contributed by atoms with Crippen molar-refractivity contribution in [3.63, 3.8) is 0 Å². The molecule has 6 nitrogen and oxygen atoms in total. The van der Waals surface area contributed by atoms with Gasteiger partial charge in [0.25, 0.3) is 0 Å². The van der Waals surface area contributed by atoms with E-state index in [2.05, 4.69) is 20.5 Å². The van der Waals surface area contributed by atoms with E-state index in [1.54, 1.807) is 23.5 Å². The topological polar surface area (TPSA) is 74.3 Å². The van der Waals surface area contributed by atoms with Crippen LogP contribution in [0.4, 0.5) is 15.2 Å². The highest BCUT2D eigenvalue weighted by Gasteiger charge is 2.16. The summed E-state index contributed by atoms with van der Waals surface area (Å²) in [6.45, 7) is 1.94. The Balaban J connectivity index is 1.31. The first kappa shape index (κ1) is 19.3. The van der Waals surface area contributed by atoms with E-state index in [1.165, 1.54) is 25.0 Å². The molecule has 0 aliphatic carbocycles. The predicted molar refractivity (Wildman–Crippen MR) is 113 cm³/mol. The number of carbonyl (C=O) groups excluding carboxylic acids is 2. The van der Waals surface area contributed by atoms with Crippen molar-refractivity contribution in [3.8, 4) is 0 Å². The lowest BCUT2D eigenvalue weighted by Crippen LogP contribution is -2.33. The largest absolute Gasteiger partial charge is 0.348 e. The normalized spacial score (nSPS) is 13.6. The van der Waals surface area contributed by atoms with Gasteiger partial charge in [-0.05, 0) is 48.7 Å². The molecule has 0 atom stereocenters. The molecule has 29 heavy (non-hydrogen) atoms. The van der Waals surface area contributed by atoms with Gasteiger partial charge in [-0.1, -0.05) is 23.5 Å². The molecule has 3 aromatic rings. The molecular weight excluding hydrogens is 391 g/mol. The first-order chi connectivity index (χ1) is 14.1. The lowest BCUT2D eigenvalue weighted by molar-refractivity contribution is -0.123. The van der Waals surface area contributed by atoms with Crippen LogP contribution in [0.5, 0.6) is 0 Å². The minimum absolute atomic E-state index is 0.0249. The van der Waals surface area contributed by atoms with E-state index < -0.39 is 0 Å². The lowest BCUT2D eigenvalue weighted by atomic mass is 10.1. The molecule has 1 aliphatic rings. The van der Waals surface area contributed by atoms with E-state index in [4.69, 9.17) is 0 Å². The molecule has 0 spiro atoms. The van der Waals surface area contributed by atoms with Gasteiger partial charge >= 0.3 is 0 Å². The Kier molecular flexibility index (Phi) is 5.71. The zero-order chi connectivity index (χ0) is 20.2. The van der Waals surface area contributed by atoms with Crippen molar-refractivity contribution in [2.24, 2.45) is 0 Å². The van der Waals surface area contributed by atoms with Crippen LogP contribution >= 0.6 is 11.3 Å². The van der Waals surface area contributed by atoms with Gasteiger partial charge in [0, 0.05) is 18.8 Å². The highest BCUT2D eigenvalue weighted by molar-refractivity contribution is 7.22. The number of hydrogen-bond donors (Lipinski definition) is 2. The summed E-state index contributed by atoms with van der Waals surface area (Å²) in [4.78, 5) is 31.1. The minimum Gasteiger partial charge on any atom is -0.348 e. The van der Waals surface area contributed by atoms with Crippen molar-refractivity contribution in [3.05, 3.63) is 53.8 Å². The second-order valence-corrected chi connectivity index (χ2v) is 8.01. The Labute approximate surface area is 171 Å². The summed E-state index contributed by atoms with van der Waals surface area (Å²) in [6.07, 6.45) is 2.42. The standard InChI is InChI=1S/C21H21FN4O2S/c22-15-5-3-4-14(10-15)11-19(27)23-13-20(28)24-16-6-7-17-18(12-16)29-21(25-17)26-8-1-2-9-26/h3-7,10,12H,1-2,8-9,11,13H2,(H,23,27)(H,24,28). The fourth-order valence-electron chi connectivity index (χ4n) is 3.31. The third-order valence-electron chi connectivity index (χ3n) is 4.74. The molecule has 0 unspecified atom stereocenters. The van der Waals surface area contributed by atoms with Gasteiger partial charge in [-0.25, -0.2) is 9.37 Å². The predicted octanol–water partition coefficient (Wildman–Crippen LogP) is 3.33. The second-order valence-electron chi connectivity index (χ2n) is 7.00. The van der Waals surface area contributed by atoms with E-state index in [9.17, 15) is 14.0 Å². The van der Waals surface area contributed by atoms with Crippen LogP contribution in [0.25, 0.3) is 10.2 Å². The van der Waals surface area contributed by atoms with Crippen LogP contribution in [-0.4, -0.2) is 36.4 Å². The number of anilines is 2. The van der Waals surface area contributed by atoms with E-state index in [-0.39, 0.29) is 30.6 Å². The molecule has 0 saturated carbocycles. The minimum atomic E-state index is -0.389. The first-order valence-electron chi connectivity index (χ1n) is 9.53. The summed E-state index contributed by atoms with van der Waals surface area (Å²) in [5.41, 5.74) is 2.14. The van der Waals surface area contributed by atoms with Gasteiger partial charge in [0.05, 0.1) is 23.2 Å². The Bertz CT molecular complexity index is 1050. The number of hydrogen-bond acceptors (Lipinski definition) is 5. The number of benzene rings is 2. The van der Waals surface area contributed by atoms with Gasteiger partial charge in [-0.3, -0.25) is 9.59 Å². The highest BCUT2D eigenvalue weighted by atomic mass is 32.1. The number of halogens is 1. The summed E-state index contributed by atoms with van der Waals surface area (Å²) >= 11 is 1.62. The molecule has 0 bridgehead atoms. The number of rotatable bonds is 6. The summed E-state index contributed by atoms with van der Waals surface area (Å²) in [5, 5.41) is 6.37. The fraction of sp³-hybridized carbons (Fsp3) is 0.286. The number of amides is 2. The van der Waals surface area contributed by atoms with Gasteiger partial charge in [0.2, 0.25) is 11.8 Å². The molecule has 4 rings (SSSR count). The molecule has 2 amide bonds. The van der Waals surface area contributed by atoms with Crippen molar-refractivity contribution in [2.75, 3.05) is 29.9 Å². The van der Waals surface area contributed by atoms with Crippen LogP contribution in [0.3, 0.4) is 0 Å². The molecule has 150 valence electrons. The summed E-state index contributed by atoms with van der Waals surface area (Å²) < 4.78 is 14.2. The van der Waals surface area contributed by atoms with Crippen molar-refractivity contribution in [2.45, 2.75) is 19.3 Å². The Morgan fingerprint density at radius 2 is 1.93 bits per heavy atom. The van der Waals surface area contributed by atoms with E-state index in [1.807, 2.05) is 18.2 Å². The molecule has 0 radical (unpaired) electrons. The molecule has 1 saturated heterocycles. The number of fused-ring (bicyclic) bond motifs is 1. The smallest absolute Gasteiger partial charge is 0.243 e. The number of nitrogens with one attached hydrogen (secondary N) is 2. The van der Waals surface area contributed by atoms with E-state index >= 15 is 0 Å². The quantitative estimate of drug-likeness (QED) is 0.651. The third-order valence-corrected chi connectivity index (χ3v) is 5.82. The van der Waals surface area contributed by atoms with E-state index in [0.717, 1.165) is 28.4 Å². The monoisotopic (exact) mass is 412 g/mol. The lowest BCUT2D eigenvalue weighted by Gasteiger charge is -2.11. The Hall–Kier alpha value is -3.00. The van der Waals surface area contributed by atoms with Gasteiger partial charge in [0.1, 0.15) is 5.82 Å². The molecule has 1 aromatic heterocycles. The molecule has 2 aromatic carbocycles. The second kappa shape index (κ2) is 8.57. The van der Waals surface area contributed by atoms with Gasteiger partial charge in [-0.2, -0.15) is 0 Å². The van der Waals surface area contributed by atoms with Crippen LogP contribution in [0.15, 0.2) is 42.5 Å². The Morgan fingerprint density at radius 1 is 1.10 bits per heavy atom. The Morgan fingerprint density at radius 3 is 2.72 bits per heavy atom. The summed E-state index contributed by atoms with van der Waals surface area (Å²) in [5.74, 6) is -1.04. The maximum absolute atomic E-state index is 13.2. The van der Waals surface area contributed by atoms with E-state index in [0.29, 0.717) is 11.3 Å². The van der Waals surface area contributed by atoms with Crippen LogP contribution in [0, 0.1) is 5.82 Å². The van der Waals surface area contributed by atoms with Crippen LogP contribution in [0.1, 0.15) is 18.4 Å². The SMILES string of the molecule is O=C(Cc1cccc(F)c1)NCC(=O)Nc1ccc2nc(N3CCCC3)sc2c1. The number of nitrogens with zero attached hydrogens (tertiary/aromatic N) is 2. The number of aromatic nitrogens is 1. The zero-order valence-corrected chi connectivity index (χ0v) is 16.6. The molecule has 2 N–H and O–H groups in total. The average molecular weight is 412 g/mol. The summed E-state index contributed by atoms with van der Waals surface area (Å²) in [7, 11) is 0. The van der Waals surface area contributed by atoms with Crippen LogP contribution in [0.2, 0.25) is 0 Å². The number of carbonyl (C=O) groups is 2. The molecule has 1 aliphatic heterocycles. The third kappa shape index (κ3) is 4.89. The van der Waals surface area contributed by atoms with Crippen molar-refractivity contribution >= 4 is 44.2 Å². The van der Waals surface area contributed by atoms with Crippen LogP contribution in [-0.2, 0) is 16.0 Å². The highest BCUT2D eigenvalue weighted by Crippen LogP contribution is 2.32. The zero-order valence-electron chi connectivity index (χ0n) is 15.8. The molecule has 8 heteroatoms. The van der Waals surface area contributed by atoms with Gasteiger partial charge in [0.15, 0.2) is 5.13 Å². The van der Waals surface area contributed by atoms with Crippen molar-refractivity contribution in [1.29, 1.82) is 0 Å². The first-order valence-corrected chi connectivity index (χ1v) is 10.3. The van der Waals surface area contributed by atoms with Crippen molar-refractivity contribution < 1.29 is 14.0 Å². The molecular formula is C21H21FN4O2S. The fourth-order valence-corrected chi connectivity index (χ4v) is 4.37. The van der Waals surface area contributed by atoms with Gasteiger partial charge < -0.3 is 15.5 Å². The summed E-state index contributed by atoms with van der Waals surface area (Å²) in [6, 6.07) is 11.5.